The van der Waals surface area contributed by atoms with Gasteiger partial charge in [0.2, 0.25) is 0 Å². The Morgan fingerprint density at radius 3 is 2.73 bits per heavy atom. The number of aliphatic hydroxyl groups is 1. The van der Waals surface area contributed by atoms with Crippen molar-refractivity contribution in [1.29, 1.82) is 0 Å². The Morgan fingerprint density at radius 2 is 2.36 bits per heavy atom. The van der Waals surface area contributed by atoms with Crippen molar-refractivity contribution in [3.63, 3.8) is 0 Å². The predicted octanol–water partition coefficient (Wildman–Crippen LogP) is 1.29. The van der Waals surface area contributed by atoms with E-state index in [1.54, 1.807) is 0 Å². The van der Waals surface area contributed by atoms with Crippen LogP contribution in [0.4, 0.5) is 0 Å². The van der Waals surface area contributed by atoms with E-state index in [9.17, 15) is 9.90 Å². The molecule has 0 fully saturated rings. The van der Waals surface area contributed by atoms with E-state index in [4.69, 9.17) is 0 Å². The van der Waals surface area contributed by atoms with E-state index in [0.717, 1.165) is 6.42 Å². The number of allylic oxidation sites excluding steroid dienone is 1. The largest absolute Gasteiger partial charge is 0.381 e. The van der Waals surface area contributed by atoms with Crippen LogP contribution in [-0.4, -0.2) is 16.5 Å². The number of ketones is 1. The highest BCUT2D eigenvalue weighted by Gasteiger charge is 2.37. The molecule has 2 heteroatoms. The van der Waals surface area contributed by atoms with Gasteiger partial charge in [-0.05, 0) is 19.8 Å². The van der Waals surface area contributed by atoms with E-state index in [1.165, 1.54) is 6.92 Å². The van der Waals surface area contributed by atoms with Gasteiger partial charge in [0.15, 0.2) is 5.78 Å². The lowest BCUT2D eigenvalue weighted by Gasteiger charge is -2.32. The SMILES string of the molecule is CC(=O)[C@@]1(O)CCC=C[C@H]1C. The van der Waals surface area contributed by atoms with Crippen molar-refractivity contribution < 1.29 is 9.90 Å². The van der Waals surface area contributed by atoms with Gasteiger partial charge in [-0.2, -0.15) is 0 Å². The lowest BCUT2D eigenvalue weighted by Crippen LogP contribution is -2.43. The summed E-state index contributed by atoms with van der Waals surface area (Å²) in [7, 11) is 0. The molecule has 1 N–H and O–H groups in total. The van der Waals surface area contributed by atoms with Crippen LogP contribution in [0.1, 0.15) is 26.7 Å². The second-order valence-electron chi connectivity index (χ2n) is 3.24. The topological polar surface area (TPSA) is 37.3 Å². The minimum atomic E-state index is -1.09. The molecule has 0 saturated carbocycles. The van der Waals surface area contributed by atoms with Crippen LogP contribution in [0.25, 0.3) is 0 Å². The quantitative estimate of drug-likeness (QED) is 0.578. The zero-order valence-electron chi connectivity index (χ0n) is 7.00. The fourth-order valence-corrected chi connectivity index (χ4v) is 1.49. The number of carbonyl (C=O) groups excluding carboxylic acids is 1. The van der Waals surface area contributed by atoms with Crippen molar-refractivity contribution in [3.8, 4) is 0 Å². The van der Waals surface area contributed by atoms with E-state index in [0.29, 0.717) is 6.42 Å². The van der Waals surface area contributed by atoms with Gasteiger partial charge in [0, 0.05) is 5.92 Å². The number of hydrogen-bond acceptors (Lipinski definition) is 2. The first-order valence-corrected chi connectivity index (χ1v) is 3.97. The number of carbonyl (C=O) groups is 1. The summed E-state index contributed by atoms with van der Waals surface area (Å²) in [6.45, 7) is 3.33. The van der Waals surface area contributed by atoms with Gasteiger partial charge in [-0.15, -0.1) is 0 Å². The standard InChI is InChI=1S/C9H14O2/c1-7-5-3-4-6-9(7,11)8(2)10/h3,5,7,11H,4,6H2,1-2H3/t7-,9-/m1/s1. The summed E-state index contributed by atoms with van der Waals surface area (Å²) < 4.78 is 0. The lowest BCUT2D eigenvalue weighted by molar-refractivity contribution is -0.139. The first-order chi connectivity index (χ1) is 5.07. The van der Waals surface area contributed by atoms with E-state index in [-0.39, 0.29) is 11.7 Å². The lowest BCUT2D eigenvalue weighted by atomic mass is 9.78. The van der Waals surface area contributed by atoms with Gasteiger partial charge >= 0.3 is 0 Å². The minimum absolute atomic E-state index is 0.0336. The molecule has 0 radical (unpaired) electrons. The fraction of sp³-hybridized carbons (Fsp3) is 0.667. The maximum atomic E-state index is 11.0. The second-order valence-corrected chi connectivity index (χ2v) is 3.24. The van der Waals surface area contributed by atoms with E-state index in [1.807, 2.05) is 19.1 Å². The Bertz CT molecular complexity index is 196. The van der Waals surface area contributed by atoms with E-state index >= 15 is 0 Å². The second kappa shape index (κ2) is 2.78. The maximum Gasteiger partial charge on any atom is 0.161 e. The van der Waals surface area contributed by atoms with Gasteiger partial charge in [-0.1, -0.05) is 19.1 Å². The summed E-state index contributed by atoms with van der Waals surface area (Å²) in [6, 6.07) is 0. The van der Waals surface area contributed by atoms with Gasteiger partial charge in [0.1, 0.15) is 5.60 Å². The summed E-state index contributed by atoms with van der Waals surface area (Å²) >= 11 is 0. The molecule has 0 aliphatic heterocycles. The van der Waals surface area contributed by atoms with Crippen LogP contribution in [0.3, 0.4) is 0 Å². The molecule has 2 nitrogen and oxygen atoms in total. The van der Waals surface area contributed by atoms with Gasteiger partial charge < -0.3 is 5.11 Å². The third kappa shape index (κ3) is 1.36. The first-order valence-electron chi connectivity index (χ1n) is 3.97. The molecule has 0 saturated heterocycles. The zero-order valence-corrected chi connectivity index (χ0v) is 7.00. The maximum absolute atomic E-state index is 11.0. The van der Waals surface area contributed by atoms with Gasteiger partial charge in [0.25, 0.3) is 0 Å². The summed E-state index contributed by atoms with van der Waals surface area (Å²) in [5, 5.41) is 9.82. The van der Waals surface area contributed by atoms with Crippen molar-refractivity contribution in [1.82, 2.24) is 0 Å². The van der Waals surface area contributed by atoms with Crippen molar-refractivity contribution in [2.75, 3.05) is 0 Å². The number of hydrogen-bond donors (Lipinski definition) is 1. The van der Waals surface area contributed by atoms with Crippen molar-refractivity contribution >= 4 is 5.78 Å². The smallest absolute Gasteiger partial charge is 0.161 e. The van der Waals surface area contributed by atoms with Crippen molar-refractivity contribution in [2.24, 2.45) is 5.92 Å². The molecular weight excluding hydrogens is 140 g/mol. The Labute approximate surface area is 66.9 Å². The molecule has 0 aromatic heterocycles. The molecule has 1 aliphatic rings. The Kier molecular flexibility index (Phi) is 2.14. The van der Waals surface area contributed by atoms with Crippen LogP contribution >= 0.6 is 0 Å². The third-order valence-electron chi connectivity index (χ3n) is 2.48. The summed E-state index contributed by atoms with van der Waals surface area (Å²) in [5.74, 6) is -0.150. The molecule has 0 bridgehead atoms. The van der Waals surface area contributed by atoms with Crippen molar-refractivity contribution in [3.05, 3.63) is 12.2 Å². The van der Waals surface area contributed by atoms with Gasteiger partial charge in [0.05, 0.1) is 0 Å². The molecule has 0 aromatic carbocycles. The molecular formula is C9H14O2. The molecule has 0 amide bonds. The third-order valence-corrected chi connectivity index (χ3v) is 2.48. The molecule has 11 heavy (non-hydrogen) atoms. The normalized spacial score (nSPS) is 37.2. The van der Waals surface area contributed by atoms with Crippen LogP contribution in [-0.2, 0) is 4.79 Å². The minimum Gasteiger partial charge on any atom is -0.381 e. The van der Waals surface area contributed by atoms with Crippen LogP contribution in [0.5, 0.6) is 0 Å². The summed E-state index contributed by atoms with van der Waals surface area (Å²) in [4.78, 5) is 11.0. The monoisotopic (exact) mass is 154 g/mol. The fourth-order valence-electron chi connectivity index (χ4n) is 1.49. The molecule has 0 heterocycles. The average Bonchev–Trinajstić information content (AvgIpc) is 1.95. The highest BCUT2D eigenvalue weighted by atomic mass is 16.3. The highest BCUT2D eigenvalue weighted by molar-refractivity contribution is 5.85. The van der Waals surface area contributed by atoms with E-state index in [2.05, 4.69) is 0 Å². The first kappa shape index (κ1) is 8.47. The van der Waals surface area contributed by atoms with Crippen LogP contribution < -0.4 is 0 Å². The number of Topliss-reactive ketones (excluding diaryl/α,β-unsaturated/α-hetero) is 1. The molecule has 2 atom stereocenters. The molecule has 0 spiro atoms. The molecule has 62 valence electrons. The zero-order chi connectivity index (χ0) is 8.48. The molecule has 0 unspecified atom stereocenters. The Hall–Kier alpha value is -0.630. The van der Waals surface area contributed by atoms with Gasteiger partial charge in [-0.3, -0.25) is 4.79 Å². The van der Waals surface area contributed by atoms with Gasteiger partial charge in [-0.25, -0.2) is 0 Å². The Morgan fingerprint density at radius 1 is 1.73 bits per heavy atom. The van der Waals surface area contributed by atoms with E-state index < -0.39 is 5.60 Å². The summed E-state index contributed by atoms with van der Waals surface area (Å²) in [5.41, 5.74) is -1.09. The Balaban J connectivity index is 2.85. The molecule has 0 aromatic rings. The average molecular weight is 154 g/mol. The summed E-state index contributed by atoms with van der Waals surface area (Å²) in [6.07, 6.45) is 5.30. The predicted molar refractivity (Wildman–Crippen MR) is 43.2 cm³/mol. The number of rotatable bonds is 1. The van der Waals surface area contributed by atoms with Crippen LogP contribution in [0.2, 0.25) is 0 Å². The van der Waals surface area contributed by atoms with Crippen LogP contribution in [0, 0.1) is 5.92 Å². The molecule has 1 rings (SSSR count). The van der Waals surface area contributed by atoms with Crippen molar-refractivity contribution in [2.45, 2.75) is 32.3 Å². The van der Waals surface area contributed by atoms with Crippen LogP contribution in [0.15, 0.2) is 12.2 Å². The highest BCUT2D eigenvalue weighted by Crippen LogP contribution is 2.29. The molecule has 1 aliphatic carbocycles.